The number of nitrogens with one attached hydrogen (secondary N) is 3. The number of β-amino-alcohol motifs (C(OH)–C–C–N with tert-alkyl or cyclic N) is 1. The number of amides is 2. The number of hydrogen-bond donors (Lipinski definition) is 4. The van der Waals surface area contributed by atoms with E-state index in [1.165, 1.54) is 24.2 Å². The maximum atomic E-state index is 13.6. The standard InChI is InChI=1S/C33H33ClN10O5/c1-49-30(47)13-19-6-9-23-26(12-19)37-25(33(48)43-16-22(45)17-43)5-3-2-4-24(32-39-27(15-35)31(23)40-32)38-29(46)11-7-20-14-21(34)8-10-28(20)44-18-36-41-42-44/h6-12,14,18,22,24-25,37,45H,2-5,13,16-17H2,1H3,(H,38,46)(H,39,40)/b11-7+/t24-,25+/m0/s1. The maximum Gasteiger partial charge on any atom is 0.309 e. The third-order valence-corrected chi connectivity index (χ3v) is 8.68. The molecule has 2 amide bonds. The Kier molecular flexibility index (Phi) is 9.97. The second-order valence-corrected chi connectivity index (χ2v) is 12.3. The van der Waals surface area contributed by atoms with Crippen molar-refractivity contribution in [1.29, 1.82) is 5.26 Å². The first kappa shape index (κ1) is 33.3. The zero-order chi connectivity index (χ0) is 34.5. The van der Waals surface area contributed by atoms with Crippen molar-refractivity contribution in [3.8, 4) is 23.0 Å². The van der Waals surface area contributed by atoms with Gasteiger partial charge in [-0.15, -0.1) is 5.10 Å². The fourth-order valence-electron chi connectivity index (χ4n) is 5.91. The summed E-state index contributed by atoms with van der Waals surface area (Å²) < 4.78 is 6.31. The molecule has 6 rings (SSSR count). The molecule has 15 nitrogen and oxygen atoms in total. The highest BCUT2D eigenvalue weighted by atomic mass is 35.5. The average molecular weight is 685 g/mol. The van der Waals surface area contributed by atoms with Gasteiger partial charge >= 0.3 is 5.97 Å². The maximum absolute atomic E-state index is 13.6. The molecular weight excluding hydrogens is 652 g/mol. The Balaban J connectivity index is 1.32. The SMILES string of the molecule is COC(=O)Cc1ccc2c(c1)N[C@@H](C(=O)N1CC(O)C1)CCCC[C@H](NC(=O)/C=C/c1cc(Cl)ccc1-n1cnnn1)c1nc(C#N)c-2[nH]1. The third-order valence-electron chi connectivity index (χ3n) is 8.44. The molecule has 16 heteroatoms. The molecule has 0 spiro atoms. The van der Waals surface area contributed by atoms with Crippen LogP contribution in [0, 0.1) is 11.3 Å². The predicted molar refractivity (Wildman–Crippen MR) is 177 cm³/mol. The second-order valence-electron chi connectivity index (χ2n) is 11.8. The van der Waals surface area contributed by atoms with Gasteiger partial charge in [-0.1, -0.05) is 36.6 Å². The molecule has 0 radical (unpaired) electrons. The number of aliphatic hydroxyl groups is 1. The molecule has 2 aromatic carbocycles. The zero-order valence-electron chi connectivity index (χ0n) is 26.5. The van der Waals surface area contributed by atoms with E-state index in [1.54, 1.807) is 47.4 Å². The number of halogens is 1. The van der Waals surface area contributed by atoms with Crippen molar-refractivity contribution in [3.63, 3.8) is 0 Å². The minimum atomic E-state index is -0.643. The van der Waals surface area contributed by atoms with Crippen LogP contribution in [-0.2, 0) is 25.5 Å². The highest BCUT2D eigenvalue weighted by molar-refractivity contribution is 6.30. The smallest absolute Gasteiger partial charge is 0.309 e. The van der Waals surface area contributed by atoms with Crippen LogP contribution in [0.25, 0.3) is 23.0 Å². The molecule has 252 valence electrons. The Morgan fingerprint density at radius 2 is 2.00 bits per heavy atom. The van der Waals surface area contributed by atoms with Gasteiger partial charge in [-0.2, -0.15) is 9.94 Å². The van der Waals surface area contributed by atoms with Crippen molar-refractivity contribution >= 4 is 41.1 Å². The zero-order valence-corrected chi connectivity index (χ0v) is 27.2. The van der Waals surface area contributed by atoms with E-state index in [0.717, 1.165) is 0 Å². The van der Waals surface area contributed by atoms with Crippen LogP contribution in [0.5, 0.6) is 0 Å². The first-order valence-electron chi connectivity index (χ1n) is 15.7. The minimum Gasteiger partial charge on any atom is -0.469 e. The predicted octanol–water partition coefficient (Wildman–Crippen LogP) is 2.72. The molecule has 0 saturated carbocycles. The summed E-state index contributed by atoms with van der Waals surface area (Å²) in [6.07, 6.45) is 6.05. The van der Waals surface area contributed by atoms with Crippen molar-refractivity contribution in [2.75, 3.05) is 25.5 Å². The van der Waals surface area contributed by atoms with E-state index in [2.05, 4.69) is 42.2 Å². The minimum absolute atomic E-state index is 0.00967. The van der Waals surface area contributed by atoms with Crippen LogP contribution in [0.2, 0.25) is 5.02 Å². The van der Waals surface area contributed by atoms with E-state index in [9.17, 15) is 24.8 Å². The number of carbonyl (C=O) groups is 3. The number of likely N-dealkylation sites (tertiary alicyclic amines) is 1. The lowest BCUT2D eigenvalue weighted by Gasteiger charge is -2.38. The van der Waals surface area contributed by atoms with Crippen molar-refractivity contribution in [2.24, 2.45) is 0 Å². The molecule has 49 heavy (non-hydrogen) atoms. The van der Waals surface area contributed by atoms with E-state index in [1.807, 2.05) is 0 Å². The summed E-state index contributed by atoms with van der Waals surface area (Å²) in [6, 6.07) is 11.3. The number of esters is 1. The molecular formula is C33H33ClN10O5. The summed E-state index contributed by atoms with van der Waals surface area (Å²) in [5.74, 6) is -0.589. The fraction of sp³-hybridized carbons (Fsp3) is 0.333. The molecule has 1 saturated heterocycles. The van der Waals surface area contributed by atoms with E-state index in [0.29, 0.717) is 70.3 Å². The molecule has 4 aromatic rings. The van der Waals surface area contributed by atoms with Crippen LogP contribution in [0.3, 0.4) is 0 Å². The van der Waals surface area contributed by atoms with Crippen LogP contribution >= 0.6 is 11.6 Å². The largest absolute Gasteiger partial charge is 0.469 e. The van der Waals surface area contributed by atoms with Gasteiger partial charge in [0.1, 0.15) is 24.3 Å². The van der Waals surface area contributed by atoms with E-state index >= 15 is 0 Å². The second kappa shape index (κ2) is 14.7. The molecule has 4 N–H and O–H groups in total. The van der Waals surface area contributed by atoms with Crippen molar-refractivity contribution in [3.05, 3.63) is 76.5 Å². The number of hydrogen-bond acceptors (Lipinski definition) is 11. The van der Waals surface area contributed by atoms with Crippen molar-refractivity contribution in [1.82, 2.24) is 40.4 Å². The molecule has 1 fully saturated rings. The number of aromatic nitrogens is 6. The number of imidazole rings is 1. The summed E-state index contributed by atoms with van der Waals surface area (Å²) in [4.78, 5) is 48.4. The summed E-state index contributed by atoms with van der Waals surface area (Å²) in [5, 5.41) is 38.1. The van der Waals surface area contributed by atoms with E-state index in [4.69, 9.17) is 16.3 Å². The third kappa shape index (κ3) is 7.61. The van der Waals surface area contributed by atoms with E-state index < -0.39 is 30.1 Å². The molecule has 2 atom stereocenters. The number of anilines is 1. The number of nitriles is 1. The lowest BCUT2D eigenvalue weighted by atomic mass is 9.99. The number of ether oxygens (including phenoxy) is 1. The number of H-pyrrole nitrogens is 1. The quantitative estimate of drug-likeness (QED) is 0.165. The first-order valence-corrected chi connectivity index (χ1v) is 16.0. The average Bonchev–Trinajstić information content (AvgIpc) is 3.77. The van der Waals surface area contributed by atoms with Gasteiger partial charge in [0.05, 0.1) is 37.1 Å². The number of carbonyl (C=O) groups excluding carboxylic acids is 3. The van der Waals surface area contributed by atoms with Crippen LogP contribution in [-0.4, -0.2) is 90.3 Å². The number of tetrazole rings is 1. The van der Waals surface area contributed by atoms with Crippen LogP contribution in [0.1, 0.15) is 54.4 Å². The molecule has 2 aromatic heterocycles. The number of aromatic amines is 1. The van der Waals surface area contributed by atoms with Gasteiger partial charge in [0.2, 0.25) is 11.8 Å². The Bertz CT molecular complexity index is 1930. The van der Waals surface area contributed by atoms with Gasteiger partial charge in [-0.3, -0.25) is 14.4 Å². The summed E-state index contributed by atoms with van der Waals surface area (Å²) in [5.41, 5.74) is 3.47. The Morgan fingerprint density at radius 3 is 2.73 bits per heavy atom. The van der Waals surface area contributed by atoms with Crippen LogP contribution < -0.4 is 10.6 Å². The topological polar surface area (TPSA) is 204 Å². The summed E-state index contributed by atoms with van der Waals surface area (Å²) >= 11 is 6.23. The molecule has 4 heterocycles. The molecule has 2 bridgehead atoms. The van der Waals surface area contributed by atoms with Gasteiger partial charge in [0.25, 0.3) is 0 Å². The van der Waals surface area contributed by atoms with Crippen molar-refractivity contribution < 1.29 is 24.2 Å². The number of rotatable bonds is 7. The van der Waals surface area contributed by atoms with Gasteiger partial charge in [-0.05, 0) is 59.2 Å². The van der Waals surface area contributed by atoms with Crippen molar-refractivity contribution in [2.45, 2.75) is 50.3 Å². The normalized spacial score (nSPS) is 17.9. The Morgan fingerprint density at radius 1 is 1.18 bits per heavy atom. The number of nitrogens with zero attached hydrogens (tertiary/aromatic N) is 7. The number of aliphatic hydroxyl groups excluding tert-OH is 1. The highest BCUT2D eigenvalue weighted by Gasteiger charge is 2.34. The van der Waals surface area contributed by atoms with Gasteiger partial charge in [0, 0.05) is 41.0 Å². The molecule has 2 aliphatic rings. The molecule has 0 unspecified atom stereocenters. The van der Waals surface area contributed by atoms with E-state index in [-0.39, 0.29) is 31.1 Å². The lowest BCUT2D eigenvalue weighted by molar-refractivity contribution is -0.142. The van der Waals surface area contributed by atoms with Crippen LogP contribution in [0.15, 0.2) is 48.8 Å². The number of methoxy groups -OCH3 is 1. The fourth-order valence-corrected chi connectivity index (χ4v) is 6.09. The molecule has 2 aliphatic heterocycles. The lowest BCUT2D eigenvalue weighted by Crippen LogP contribution is -2.57. The summed E-state index contributed by atoms with van der Waals surface area (Å²) in [6.45, 7) is 0.505. The Hall–Kier alpha value is -5.59. The first-order chi connectivity index (χ1) is 23.7. The Labute approximate surface area is 285 Å². The summed E-state index contributed by atoms with van der Waals surface area (Å²) in [7, 11) is 1.31. The number of benzene rings is 2. The number of fused-ring (bicyclic) bond motifs is 4. The van der Waals surface area contributed by atoms with Gasteiger partial charge < -0.3 is 30.4 Å². The van der Waals surface area contributed by atoms with Gasteiger partial charge in [-0.25, -0.2) is 4.98 Å². The van der Waals surface area contributed by atoms with Gasteiger partial charge in [0.15, 0.2) is 5.69 Å². The highest BCUT2D eigenvalue weighted by Crippen LogP contribution is 2.34. The monoisotopic (exact) mass is 684 g/mol. The molecule has 0 aliphatic carbocycles. The van der Waals surface area contributed by atoms with Crippen LogP contribution in [0.4, 0.5) is 5.69 Å².